The molecule has 0 saturated carbocycles. The molecule has 15 nitrogen and oxygen atoms in total. The number of rotatable bonds is 9. The molecule has 5 heterocycles. The first-order valence-corrected chi connectivity index (χ1v) is 15.3. The van der Waals surface area contributed by atoms with E-state index in [1.54, 1.807) is 0 Å². The summed E-state index contributed by atoms with van der Waals surface area (Å²) in [6.07, 6.45) is 4.33. The smallest absolute Gasteiger partial charge is 0.272 e. The number of carboxylic acids is 1. The molecule has 3 aromatic rings. The van der Waals surface area contributed by atoms with Gasteiger partial charge in [-0.1, -0.05) is 0 Å². The van der Waals surface area contributed by atoms with Gasteiger partial charge in [0.15, 0.2) is 29.3 Å². The molecule has 0 radical (unpaired) electrons. The molecule has 6 N–H and O–H groups in total. The third-order valence-electron chi connectivity index (χ3n) is 6.52. The third kappa shape index (κ3) is 6.02. The van der Waals surface area contributed by atoms with E-state index in [4.69, 9.17) is 5.73 Å². The fourth-order valence-corrected chi connectivity index (χ4v) is 7.33. The molecule has 43 heavy (non-hydrogen) atoms. The number of nitrogens with two attached hydrogens (primary N) is 1. The Balaban J connectivity index is 1.33. The van der Waals surface area contributed by atoms with E-state index in [0.29, 0.717) is 23.6 Å². The number of carbonyl (C=O) groups excluding carboxylic acids is 4. The first kappa shape index (κ1) is 29.9. The number of β-lactam (4-membered cyclic amide) rings is 1. The Labute approximate surface area is 255 Å². The topological polar surface area (TPSA) is 224 Å². The van der Waals surface area contributed by atoms with Gasteiger partial charge in [0.25, 0.3) is 11.8 Å². The molecule has 0 aliphatic carbocycles. The van der Waals surface area contributed by atoms with Crippen molar-refractivity contribution in [2.75, 3.05) is 17.2 Å². The van der Waals surface area contributed by atoms with E-state index in [0.717, 1.165) is 21.1 Å². The summed E-state index contributed by atoms with van der Waals surface area (Å²) in [6.45, 7) is 0. The predicted octanol–water partition coefficient (Wildman–Crippen LogP) is -1.68. The highest BCUT2D eigenvalue weighted by Crippen LogP contribution is 2.41. The van der Waals surface area contributed by atoms with Gasteiger partial charge < -0.3 is 36.6 Å². The molecule has 0 bridgehead atoms. The van der Waals surface area contributed by atoms with Crippen LogP contribution >= 0.6 is 34.9 Å². The second-order valence-electron chi connectivity index (χ2n) is 9.39. The molecule has 2 aliphatic heterocycles. The minimum atomic E-state index is -1.52. The van der Waals surface area contributed by atoms with E-state index in [9.17, 15) is 39.4 Å². The molecule has 0 aromatic carbocycles. The number of pyridine rings is 2. The van der Waals surface area contributed by atoms with Gasteiger partial charge in [-0.15, -0.1) is 34.9 Å². The summed E-state index contributed by atoms with van der Waals surface area (Å²) in [5.74, 6) is -4.36. The maximum atomic E-state index is 13.4. The molecule has 3 aromatic heterocycles. The Kier molecular flexibility index (Phi) is 8.34. The normalized spacial score (nSPS) is 18.4. The summed E-state index contributed by atoms with van der Waals surface area (Å²) in [7, 11) is 1.87. The summed E-state index contributed by atoms with van der Waals surface area (Å²) >= 11 is 3.67. The van der Waals surface area contributed by atoms with Gasteiger partial charge in [-0.3, -0.25) is 24.1 Å². The molecular formula is C25H23N7O8S3. The zero-order valence-electron chi connectivity index (χ0n) is 22.1. The van der Waals surface area contributed by atoms with Crippen LogP contribution in [0.2, 0.25) is 0 Å². The number of anilines is 1. The number of nitrogens with one attached hydrogen (secondary N) is 2. The van der Waals surface area contributed by atoms with Crippen LogP contribution in [0.1, 0.15) is 22.2 Å². The van der Waals surface area contributed by atoms with Gasteiger partial charge >= 0.3 is 0 Å². The van der Waals surface area contributed by atoms with Gasteiger partial charge in [0.1, 0.15) is 24.2 Å². The van der Waals surface area contributed by atoms with Crippen molar-refractivity contribution >= 4 is 63.7 Å². The van der Waals surface area contributed by atoms with Crippen molar-refractivity contribution in [1.82, 2.24) is 25.2 Å². The first-order valence-electron chi connectivity index (χ1n) is 12.4. The Morgan fingerprint density at radius 2 is 2.02 bits per heavy atom. The van der Waals surface area contributed by atoms with Gasteiger partial charge in [0, 0.05) is 40.0 Å². The fourth-order valence-electron chi connectivity index (χ4n) is 4.37. The molecule has 5 rings (SSSR count). The van der Waals surface area contributed by atoms with E-state index in [1.165, 1.54) is 28.9 Å². The van der Waals surface area contributed by atoms with Gasteiger partial charge in [-0.05, 0) is 5.57 Å². The number of carbonyl (C=O) groups is 4. The van der Waals surface area contributed by atoms with Gasteiger partial charge in [0.05, 0.1) is 23.6 Å². The summed E-state index contributed by atoms with van der Waals surface area (Å²) < 4.78 is 2.08. The fraction of sp³-hybridized carbons (Fsp3) is 0.240. The van der Waals surface area contributed by atoms with E-state index < -0.39 is 58.0 Å². The standard InChI is InChI=1S/C25H23N7O8S3/c1-30-4-2-12(3-5-30)41-8-11-9-42-23-18(22(37)32(23)19(11)24(38)39)29-21(36)17(13-10-43-25(26)27-13)28-20(35)14-6-15(33)16(34)7-31(14)40/h2-7,10,17-18,23,40H,8-9H2,1H3,(H5-,26,27,28,29,34,35,36,38,39)/t17?,18-,23-/m1/s1. The molecule has 224 valence electrons. The lowest BCUT2D eigenvalue weighted by atomic mass is 10.0. The molecule has 3 atom stereocenters. The minimum absolute atomic E-state index is 0.0167. The summed E-state index contributed by atoms with van der Waals surface area (Å²) in [6, 6.07) is 1.79. The number of thiazole rings is 1. The highest BCUT2D eigenvalue weighted by atomic mass is 32.2. The van der Waals surface area contributed by atoms with Crippen LogP contribution in [0, 0.1) is 0 Å². The summed E-state index contributed by atoms with van der Waals surface area (Å²) in [5.41, 5.74) is 4.46. The molecule has 0 spiro atoms. The number of hydrogen-bond acceptors (Lipinski definition) is 13. The second kappa shape index (κ2) is 12.0. The molecular weight excluding hydrogens is 623 g/mol. The van der Waals surface area contributed by atoms with Crippen LogP contribution in [-0.4, -0.2) is 71.5 Å². The minimum Gasteiger partial charge on any atom is -0.543 e. The van der Waals surface area contributed by atoms with Crippen molar-refractivity contribution in [3.05, 3.63) is 75.1 Å². The Morgan fingerprint density at radius 3 is 2.67 bits per heavy atom. The average Bonchev–Trinajstić information content (AvgIpc) is 3.40. The van der Waals surface area contributed by atoms with Crippen LogP contribution in [0.15, 0.2) is 63.1 Å². The number of amides is 3. The second-order valence-corrected chi connectivity index (χ2v) is 12.4. The van der Waals surface area contributed by atoms with Crippen LogP contribution in [0.3, 0.4) is 0 Å². The van der Waals surface area contributed by atoms with Crippen LogP contribution in [0.4, 0.5) is 5.13 Å². The van der Waals surface area contributed by atoms with E-state index in [2.05, 4.69) is 15.6 Å². The Hall–Kier alpha value is -4.55. The highest BCUT2D eigenvalue weighted by molar-refractivity contribution is 8.01. The van der Waals surface area contributed by atoms with Gasteiger partial charge in [-0.25, -0.2) is 9.55 Å². The van der Waals surface area contributed by atoms with Crippen molar-refractivity contribution in [2.45, 2.75) is 22.4 Å². The van der Waals surface area contributed by atoms with Crippen molar-refractivity contribution in [3.63, 3.8) is 0 Å². The molecule has 1 unspecified atom stereocenters. The van der Waals surface area contributed by atoms with Gasteiger partial charge in [-0.2, -0.15) is 4.73 Å². The van der Waals surface area contributed by atoms with Crippen LogP contribution in [0.5, 0.6) is 5.75 Å². The number of nitrogens with zero attached hydrogens (tertiary/aromatic N) is 4. The quantitative estimate of drug-likeness (QED) is 0.0762. The number of aryl methyl sites for hydroxylation is 1. The number of fused-ring (bicyclic) bond motifs is 1. The summed E-state index contributed by atoms with van der Waals surface area (Å²) in [4.78, 5) is 69.5. The number of aliphatic carboxylic acids is 1. The van der Waals surface area contributed by atoms with Gasteiger partial charge in [0.2, 0.25) is 11.3 Å². The maximum Gasteiger partial charge on any atom is 0.272 e. The Morgan fingerprint density at radius 1 is 1.30 bits per heavy atom. The third-order valence-corrected chi connectivity index (χ3v) is 9.65. The predicted molar refractivity (Wildman–Crippen MR) is 152 cm³/mol. The molecule has 3 amide bonds. The van der Waals surface area contributed by atoms with Crippen LogP contribution < -0.4 is 31.5 Å². The van der Waals surface area contributed by atoms with Crippen molar-refractivity contribution in [2.24, 2.45) is 7.05 Å². The largest absolute Gasteiger partial charge is 0.543 e. The van der Waals surface area contributed by atoms with Crippen LogP contribution in [-0.2, 0) is 21.4 Å². The van der Waals surface area contributed by atoms with Crippen molar-refractivity contribution in [3.8, 4) is 5.75 Å². The van der Waals surface area contributed by atoms with Crippen molar-refractivity contribution in [1.29, 1.82) is 0 Å². The number of hydrogen-bond donors (Lipinski definition) is 5. The average molecular weight is 646 g/mol. The highest BCUT2D eigenvalue weighted by Gasteiger charge is 2.53. The molecule has 1 saturated heterocycles. The number of carboxylic acid groups (broad SMARTS) is 1. The molecule has 2 aliphatic rings. The monoisotopic (exact) mass is 645 g/mol. The number of aromatic nitrogens is 3. The Bertz CT molecular complexity index is 1720. The van der Waals surface area contributed by atoms with Crippen molar-refractivity contribution < 1.29 is 39.2 Å². The number of thioether (sulfide) groups is 2. The first-order chi connectivity index (χ1) is 20.4. The number of nitrogen functional groups attached to an aromatic ring is 1. The zero-order valence-corrected chi connectivity index (χ0v) is 24.6. The molecule has 18 heteroatoms. The van der Waals surface area contributed by atoms with Crippen LogP contribution in [0.25, 0.3) is 0 Å². The lowest BCUT2D eigenvalue weighted by molar-refractivity contribution is -0.671. The van der Waals surface area contributed by atoms with E-state index in [1.807, 2.05) is 36.1 Å². The van der Waals surface area contributed by atoms with E-state index in [-0.39, 0.29) is 27.0 Å². The molecule has 1 fully saturated rings. The lowest BCUT2D eigenvalue weighted by Gasteiger charge is -2.51. The summed E-state index contributed by atoms with van der Waals surface area (Å²) in [5, 5.41) is 37.2. The number of aromatic hydroxyl groups is 1. The lowest BCUT2D eigenvalue weighted by Crippen LogP contribution is -2.71. The van der Waals surface area contributed by atoms with E-state index >= 15 is 0 Å². The SMILES string of the molecule is C[n+]1ccc(SCC2=C(C(=O)[O-])N3C(=O)[C@@H](NC(=O)C(NC(=O)c4cc(=O)c(O)cn4O)c4csc(N)n4)[C@H]3SC2)cc1. The zero-order chi connectivity index (χ0) is 31.0. The maximum absolute atomic E-state index is 13.4.